The number of rotatable bonds is 1. The van der Waals surface area contributed by atoms with Crippen LogP contribution in [0.1, 0.15) is 40.5 Å². The monoisotopic (exact) mass is 268 g/mol. The van der Waals surface area contributed by atoms with Crippen LogP contribution in [0.4, 0.5) is 0 Å². The molecule has 1 N–H and O–H groups in total. The highest BCUT2D eigenvalue weighted by atomic mass is 16.5. The lowest BCUT2D eigenvalue weighted by Crippen LogP contribution is -2.57. The third kappa shape index (κ3) is 3.48. The van der Waals surface area contributed by atoms with E-state index in [4.69, 9.17) is 4.74 Å². The van der Waals surface area contributed by atoms with Crippen molar-refractivity contribution in [3.05, 3.63) is 0 Å². The van der Waals surface area contributed by atoms with Gasteiger partial charge in [0.05, 0.1) is 12.7 Å². The maximum atomic E-state index is 12.5. The molecule has 4 heteroatoms. The fourth-order valence-electron chi connectivity index (χ4n) is 3.17. The third-order valence-corrected chi connectivity index (χ3v) is 4.61. The maximum Gasteiger partial charge on any atom is 0.242 e. The lowest BCUT2D eigenvalue weighted by molar-refractivity contribution is -0.141. The Balaban J connectivity index is 1.88. The average molecular weight is 268 g/mol. The highest BCUT2D eigenvalue weighted by Crippen LogP contribution is 2.34. The van der Waals surface area contributed by atoms with Crippen LogP contribution >= 0.6 is 0 Å². The molecular weight excluding hydrogens is 240 g/mol. The van der Waals surface area contributed by atoms with Crippen LogP contribution in [0.25, 0.3) is 0 Å². The number of hydrogen-bond acceptors (Lipinski definition) is 3. The summed E-state index contributed by atoms with van der Waals surface area (Å²) in [6.07, 6.45) is 2.23. The lowest BCUT2D eigenvalue weighted by Gasteiger charge is -2.41. The molecule has 4 nitrogen and oxygen atoms in total. The van der Waals surface area contributed by atoms with Crippen LogP contribution in [0, 0.1) is 11.3 Å². The number of nitrogens with zero attached hydrogens (tertiary/aromatic N) is 1. The fraction of sp³-hybridized carbons (Fsp3) is 0.933. The van der Waals surface area contributed by atoms with Crippen LogP contribution in [0.5, 0.6) is 0 Å². The minimum Gasteiger partial charge on any atom is -0.375 e. The molecule has 0 bridgehead atoms. The van der Waals surface area contributed by atoms with Gasteiger partial charge in [0.1, 0.15) is 6.04 Å². The highest BCUT2D eigenvalue weighted by Gasteiger charge is 2.35. The summed E-state index contributed by atoms with van der Waals surface area (Å²) in [7, 11) is 0. The molecule has 2 aliphatic rings. The molecule has 0 aromatic heterocycles. The van der Waals surface area contributed by atoms with Crippen LogP contribution in [0.15, 0.2) is 0 Å². The molecule has 2 heterocycles. The van der Waals surface area contributed by atoms with Gasteiger partial charge in [0.25, 0.3) is 0 Å². The van der Waals surface area contributed by atoms with Crippen molar-refractivity contribution >= 4 is 5.91 Å². The van der Waals surface area contributed by atoms with Crippen LogP contribution in [0.3, 0.4) is 0 Å². The van der Waals surface area contributed by atoms with Gasteiger partial charge in [-0.3, -0.25) is 4.79 Å². The van der Waals surface area contributed by atoms with Crippen LogP contribution in [0.2, 0.25) is 0 Å². The number of ether oxygens (including phenoxy) is 1. The summed E-state index contributed by atoms with van der Waals surface area (Å²) in [5, 5.41) is 3.29. The smallest absolute Gasteiger partial charge is 0.242 e. The van der Waals surface area contributed by atoms with Crippen molar-refractivity contribution in [3.8, 4) is 0 Å². The Bertz CT molecular complexity index is 317. The zero-order chi connectivity index (χ0) is 14.0. The average Bonchev–Trinajstić information content (AvgIpc) is 2.38. The van der Waals surface area contributed by atoms with E-state index in [0.29, 0.717) is 12.0 Å². The van der Waals surface area contributed by atoms with Crippen molar-refractivity contribution in [1.82, 2.24) is 10.2 Å². The minimum atomic E-state index is -0.153. The summed E-state index contributed by atoms with van der Waals surface area (Å²) in [5.41, 5.74) is 0.356. The second kappa shape index (κ2) is 5.80. The second-order valence-corrected chi connectivity index (χ2v) is 6.97. The van der Waals surface area contributed by atoms with E-state index in [2.05, 4.69) is 26.1 Å². The first-order valence-electron chi connectivity index (χ1n) is 7.53. The molecule has 0 saturated carbocycles. The topological polar surface area (TPSA) is 41.6 Å². The molecular formula is C15H28N2O2. The van der Waals surface area contributed by atoms with Gasteiger partial charge < -0.3 is 15.0 Å². The van der Waals surface area contributed by atoms with E-state index in [-0.39, 0.29) is 18.1 Å². The van der Waals surface area contributed by atoms with Gasteiger partial charge in [-0.05, 0) is 31.1 Å². The predicted octanol–water partition coefficient (Wildman–Crippen LogP) is 1.65. The SMILES string of the molecule is C[C@H]1OCCN[C@@H]1C(=O)N1CCC(C(C)(C)C)CC1. The molecule has 2 fully saturated rings. The Morgan fingerprint density at radius 2 is 1.89 bits per heavy atom. The molecule has 0 aliphatic carbocycles. The lowest BCUT2D eigenvalue weighted by atomic mass is 9.75. The molecule has 0 radical (unpaired) electrons. The van der Waals surface area contributed by atoms with Crippen molar-refractivity contribution in [1.29, 1.82) is 0 Å². The number of carbonyl (C=O) groups is 1. The standard InChI is InChI=1S/C15H28N2O2/c1-11-13(16-7-10-19-11)14(18)17-8-5-12(6-9-17)15(2,3)4/h11-13,16H,5-10H2,1-4H3/t11-,13+/m1/s1. The van der Waals surface area contributed by atoms with E-state index in [0.717, 1.165) is 38.4 Å². The van der Waals surface area contributed by atoms with E-state index in [1.54, 1.807) is 0 Å². The molecule has 0 aromatic carbocycles. The maximum absolute atomic E-state index is 12.5. The van der Waals surface area contributed by atoms with Crippen molar-refractivity contribution in [2.24, 2.45) is 11.3 Å². The number of morpholine rings is 1. The number of nitrogens with one attached hydrogen (secondary N) is 1. The number of carbonyl (C=O) groups excluding carboxylic acids is 1. The molecule has 110 valence electrons. The van der Waals surface area contributed by atoms with Crippen molar-refractivity contribution < 1.29 is 9.53 Å². The van der Waals surface area contributed by atoms with Crippen molar-refractivity contribution in [2.45, 2.75) is 52.7 Å². The Kier molecular flexibility index (Phi) is 4.51. The van der Waals surface area contributed by atoms with Gasteiger partial charge in [0, 0.05) is 19.6 Å². The summed E-state index contributed by atoms with van der Waals surface area (Å²) >= 11 is 0. The molecule has 2 aliphatic heterocycles. The fourth-order valence-corrected chi connectivity index (χ4v) is 3.17. The molecule has 2 saturated heterocycles. The van der Waals surface area contributed by atoms with E-state index in [9.17, 15) is 4.79 Å². The van der Waals surface area contributed by atoms with E-state index < -0.39 is 0 Å². The summed E-state index contributed by atoms with van der Waals surface area (Å²) in [5.74, 6) is 0.948. The molecule has 0 aromatic rings. The van der Waals surface area contributed by atoms with Gasteiger partial charge >= 0.3 is 0 Å². The Morgan fingerprint density at radius 1 is 1.26 bits per heavy atom. The largest absolute Gasteiger partial charge is 0.375 e. The van der Waals surface area contributed by atoms with Gasteiger partial charge in [-0.15, -0.1) is 0 Å². The number of likely N-dealkylation sites (tertiary alicyclic amines) is 1. The van der Waals surface area contributed by atoms with Gasteiger partial charge in [-0.2, -0.15) is 0 Å². The zero-order valence-corrected chi connectivity index (χ0v) is 12.7. The van der Waals surface area contributed by atoms with Gasteiger partial charge in [-0.1, -0.05) is 20.8 Å². The Morgan fingerprint density at radius 3 is 2.42 bits per heavy atom. The van der Waals surface area contributed by atoms with Crippen molar-refractivity contribution in [3.63, 3.8) is 0 Å². The number of amides is 1. The summed E-state index contributed by atoms with van der Waals surface area (Å²) < 4.78 is 5.57. The van der Waals surface area contributed by atoms with E-state index in [1.807, 2.05) is 11.8 Å². The van der Waals surface area contributed by atoms with E-state index >= 15 is 0 Å². The second-order valence-electron chi connectivity index (χ2n) is 6.97. The molecule has 2 atom stereocenters. The molecule has 2 rings (SSSR count). The van der Waals surface area contributed by atoms with Gasteiger partial charge in [0.15, 0.2) is 0 Å². The highest BCUT2D eigenvalue weighted by molar-refractivity contribution is 5.82. The first kappa shape index (κ1) is 14.8. The first-order valence-corrected chi connectivity index (χ1v) is 7.53. The van der Waals surface area contributed by atoms with Crippen LogP contribution < -0.4 is 5.32 Å². The van der Waals surface area contributed by atoms with Gasteiger partial charge in [-0.25, -0.2) is 0 Å². The number of piperidine rings is 1. The number of hydrogen-bond donors (Lipinski definition) is 1. The quantitative estimate of drug-likeness (QED) is 0.786. The summed E-state index contributed by atoms with van der Waals surface area (Å²) in [6.45, 7) is 12.2. The molecule has 0 unspecified atom stereocenters. The summed E-state index contributed by atoms with van der Waals surface area (Å²) in [6, 6.07) is -0.153. The minimum absolute atomic E-state index is 0.0124. The Labute approximate surface area is 116 Å². The molecule has 19 heavy (non-hydrogen) atoms. The van der Waals surface area contributed by atoms with Crippen molar-refractivity contribution in [2.75, 3.05) is 26.2 Å². The molecule has 0 spiro atoms. The molecule has 1 amide bonds. The van der Waals surface area contributed by atoms with Crippen LogP contribution in [-0.4, -0.2) is 49.2 Å². The normalized spacial score (nSPS) is 30.4. The van der Waals surface area contributed by atoms with Gasteiger partial charge in [0.2, 0.25) is 5.91 Å². The third-order valence-electron chi connectivity index (χ3n) is 4.61. The Hall–Kier alpha value is -0.610. The predicted molar refractivity (Wildman–Crippen MR) is 76.0 cm³/mol. The first-order chi connectivity index (χ1) is 8.89. The summed E-state index contributed by atoms with van der Waals surface area (Å²) in [4.78, 5) is 14.5. The zero-order valence-electron chi connectivity index (χ0n) is 12.7. The van der Waals surface area contributed by atoms with E-state index in [1.165, 1.54) is 0 Å². The van der Waals surface area contributed by atoms with Crippen LogP contribution in [-0.2, 0) is 9.53 Å².